The Labute approximate surface area is 103 Å². The second kappa shape index (κ2) is 5.06. The van der Waals surface area contributed by atoms with Gasteiger partial charge in [-0.2, -0.15) is 0 Å². The lowest BCUT2D eigenvalue weighted by atomic mass is 10.1. The van der Waals surface area contributed by atoms with E-state index in [-0.39, 0.29) is 22.8 Å². The highest BCUT2D eigenvalue weighted by atomic mass is 35.5. The summed E-state index contributed by atoms with van der Waals surface area (Å²) in [5.74, 6) is -0.773. The Kier molecular flexibility index (Phi) is 3.49. The Morgan fingerprint density at radius 1 is 1.24 bits per heavy atom. The molecule has 0 aliphatic heterocycles. The molecule has 1 aromatic carbocycles. The molecule has 2 rings (SSSR count). The van der Waals surface area contributed by atoms with Gasteiger partial charge in [0.25, 0.3) is 0 Å². The number of carbonyl (C=O) groups excluding carboxylic acids is 1. The van der Waals surface area contributed by atoms with Gasteiger partial charge in [-0.1, -0.05) is 29.8 Å². The average molecular weight is 250 g/mol. The highest BCUT2D eigenvalue weighted by Crippen LogP contribution is 2.19. The second-order valence-electron chi connectivity index (χ2n) is 3.53. The molecule has 0 radical (unpaired) electrons. The number of rotatable bonds is 3. The minimum absolute atomic E-state index is 0.0244. The van der Waals surface area contributed by atoms with Crippen molar-refractivity contribution in [2.45, 2.75) is 6.42 Å². The van der Waals surface area contributed by atoms with Gasteiger partial charge in [-0.25, -0.2) is 4.39 Å². The summed E-state index contributed by atoms with van der Waals surface area (Å²) in [6.45, 7) is 0. The average Bonchev–Trinajstić information content (AvgIpc) is 2.36. The first-order valence-corrected chi connectivity index (χ1v) is 5.43. The van der Waals surface area contributed by atoms with Crippen LogP contribution in [0, 0.1) is 5.82 Å². The van der Waals surface area contributed by atoms with E-state index in [2.05, 4.69) is 4.98 Å². The van der Waals surface area contributed by atoms with Crippen molar-refractivity contribution < 1.29 is 9.18 Å². The van der Waals surface area contributed by atoms with Gasteiger partial charge in [0.2, 0.25) is 0 Å². The molecule has 0 amide bonds. The maximum atomic E-state index is 13.6. The van der Waals surface area contributed by atoms with Crippen LogP contribution in [0.1, 0.15) is 16.1 Å². The molecule has 2 nitrogen and oxygen atoms in total. The zero-order valence-electron chi connectivity index (χ0n) is 8.86. The number of carbonyl (C=O) groups is 1. The Morgan fingerprint density at radius 2 is 2.06 bits per heavy atom. The van der Waals surface area contributed by atoms with Gasteiger partial charge in [0.15, 0.2) is 5.78 Å². The smallest absolute Gasteiger partial charge is 0.185 e. The van der Waals surface area contributed by atoms with Crippen LogP contribution < -0.4 is 0 Å². The van der Waals surface area contributed by atoms with E-state index in [0.717, 1.165) is 0 Å². The van der Waals surface area contributed by atoms with E-state index in [0.29, 0.717) is 5.69 Å². The fraction of sp³-hybridized carbons (Fsp3) is 0.0769. The van der Waals surface area contributed by atoms with Crippen molar-refractivity contribution in [3.63, 3.8) is 0 Å². The topological polar surface area (TPSA) is 30.0 Å². The third kappa shape index (κ3) is 2.68. The van der Waals surface area contributed by atoms with Gasteiger partial charge in [0, 0.05) is 12.6 Å². The molecule has 0 bridgehead atoms. The van der Waals surface area contributed by atoms with Crippen LogP contribution in [-0.2, 0) is 6.42 Å². The zero-order valence-corrected chi connectivity index (χ0v) is 9.62. The molecule has 86 valence electrons. The SMILES string of the molecule is O=C(Cc1cccc(Cl)c1F)c1ccccn1. The van der Waals surface area contributed by atoms with E-state index in [1.807, 2.05) is 0 Å². The number of aromatic nitrogens is 1. The van der Waals surface area contributed by atoms with Gasteiger partial charge in [0.1, 0.15) is 11.5 Å². The number of benzene rings is 1. The van der Waals surface area contributed by atoms with Crippen LogP contribution in [0.3, 0.4) is 0 Å². The molecule has 0 saturated carbocycles. The van der Waals surface area contributed by atoms with Crippen molar-refractivity contribution in [2.75, 3.05) is 0 Å². The van der Waals surface area contributed by atoms with Crippen LogP contribution in [-0.4, -0.2) is 10.8 Å². The first kappa shape index (κ1) is 11.7. The van der Waals surface area contributed by atoms with E-state index in [1.165, 1.54) is 12.3 Å². The number of hydrogen-bond donors (Lipinski definition) is 0. The number of nitrogens with zero attached hydrogens (tertiary/aromatic N) is 1. The number of hydrogen-bond acceptors (Lipinski definition) is 2. The van der Waals surface area contributed by atoms with Gasteiger partial charge in [-0.3, -0.25) is 9.78 Å². The third-order valence-electron chi connectivity index (χ3n) is 2.33. The predicted octanol–water partition coefficient (Wildman–Crippen LogP) is 3.30. The number of Topliss-reactive ketones (excluding diaryl/α,β-unsaturated/α-hetero) is 1. The molecule has 2 aromatic rings. The number of halogens is 2. The summed E-state index contributed by atoms with van der Waals surface area (Å²) in [4.78, 5) is 15.7. The lowest BCUT2D eigenvalue weighted by Crippen LogP contribution is -2.07. The Hall–Kier alpha value is -1.74. The minimum Gasteiger partial charge on any atom is -0.292 e. The molecule has 1 aromatic heterocycles. The predicted molar refractivity (Wildman–Crippen MR) is 63.7 cm³/mol. The van der Waals surface area contributed by atoms with Crippen molar-refractivity contribution in [2.24, 2.45) is 0 Å². The van der Waals surface area contributed by atoms with Gasteiger partial charge >= 0.3 is 0 Å². The van der Waals surface area contributed by atoms with E-state index in [4.69, 9.17) is 11.6 Å². The summed E-state index contributed by atoms with van der Waals surface area (Å²) in [6, 6.07) is 9.65. The maximum Gasteiger partial charge on any atom is 0.185 e. The van der Waals surface area contributed by atoms with Gasteiger partial charge in [-0.15, -0.1) is 0 Å². The first-order valence-electron chi connectivity index (χ1n) is 5.05. The van der Waals surface area contributed by atoms with Crippen molar-refractivity contribution >= 4 is 17.4 Å². The number of pyridine rings is 1. The molecule has 0 saturated heterocycles. The summed E-state index contributed by atoms with van der Waals surface area (Å²) in [7, 11) is 0. The van der Waals surface area contributed by atoms with Crippen LogP contribution in [0.15, 0.2) is 42.6 Å². The molecule has 0 fully saturated rings. The monoisotopic (exact) mass is 249 g/mol. The molecule has 1 heterocycles. The Morgan fingerprint density at radius 3 is 2.76 bits per heavy atom. The summed E-state index contributed by atoms with van der Waals surface area (Å²) in [5.41, 5.74) is 0.611. The normalized spacial score (nSPS) is 10.2. The summed E-state index contributed by atoms with van der Waals surface area (Å²) in [5, 5.41) is 0.0244. The van der Waals surface area contributed by atoms with E-state index < -0.39 is 5.82 Å². The highest BCUT2D eigenvalue weighted by Gasteiger charge is 2.12. The van der Waals surface area contributed by atoms with E-state index >= 15 is 0 Å². The Bertz CT molecular complexity index is 542. The van der Waals surface area contributed by atoms with Crippen molar-refractivity contribution in [1.29, 1.82) is 0 Å². The molecular formula is C13H9ClFNO. The fourth-order valence-electron chi connectivity index (χ4n) is 1.48. The van der Waals surface area contributed by atoms with Crippen LogP contribution in [0.5, 0.6) is 0 Å². The quantitative estimate of drug-likeness (QED) is 0.782. The van der Waals surface area contributed by atoms with Crippen LogP contribution in [0.4, 0.5) is 4.39 Å². The molecule has 17 heavy (non-hydrogen) atoms. The largest absolute Gasteiger partial charge is 0.292 e. The van der Waals surface area contributed by atoms with Crippen LogP contribution in [0.25, 0.3) is 0 Å². The molecule has 0 spiro atoms. The second-order valence-corrected chi connectivity index (χ2v) is 3.94. The van der Waals surface area contributed by atoms with Crippen LogP contribution >= 0.6 is 11.6 Å². The molecule has 0 aliphatic rings. The Balaban J connectivity index is 2.22. The summed E-state index contributed by atoms with van der Waals surface area (Å²) < 4.78 is 13.6. The number of ketones is 1. The zero-order chi connectivity index (χ0) is 12.3. The van der Waals surface area contributed by atoms with Gasteiger partial charge in [0.05, 0.1) is 5.02 Å². The third-order valence-corrected chi connectivity index (χ3v) is 2.63. The lowest BCUT2D eigenvalue weighted by molar-refractivity contribution is 0.0987. The lowest BCUT2D eigenvalue weighted by Gasteiger charge is -2.03. The first-order chi connectivity index (χ1) is 8.18. The van der Waals surface area contributed by atoms with Crippen LogP contribution in [0.2, 0.25) is 5.02 Å². The molecule has 0 unspecified atom stereocenters. The summed E-state index contributed by atoms with van der Waals surface area (Å²) in [6.07, 6.45) is 1.49. The molecular weight excluding hydrogens is 241 g/mol. The van der Waals surface area contributed by atoms with Gasteiger partial charge in [-0.05, 0) is 23.8 Å². The maximum absolute atomic E-state index is 13.6. The fourth-order valence-corrected chi connectivity index (χ4v) is 1.67. The van der Waals surface area contributed by atoms with E-state index in [9.17, 15) is 9.18 Å². The van der Waals surface area contributed by atoms with Crippen molar-refractivity contribution in [1.82, 2.24) is 4.98 Å². The standard InChI is InChI=1S/C13H9ClFNO/c14-10-5-3-4-9(13(10)15)8-12(17)11-6-1-2-7-16-11/h1-7H,8H2. The molecule has 0 atom stereocenters. The molecule has 0 N–H and O–H groups in total. The molecule has 0 aliphatic carbocycles. The summed E-state index contributed by atoms with van der Waals surface area (Å²) >= 11 is 5.64. The van der Waals surface area contributed by atoms with Crippen molar-refractivity contribution in [3.05, 3.63) is 64.7 Å². The minimum atomic E-state index is -0.543. The highest BCUT2D eigenvalue weighted by molar-refractivity contribution is 6.30. The molecule has 4 heteroatoms. The van der Waals surface area contributed by atoms with Gasteiger partial charge < -0.3 is 0 Å². The van der Waals surface area contributed by atoms with Crippen molar-refractivity contribution in [3.8, 4) is 0 Å². The van der Waals surface area contributed by atoms with E-state index in [1.54, 1.807) is 30.3 Å².